The van der Waals surface area contributed by atoms with Crippen molar-refractivity contribution in [1.82, 2.24) is 9.78 Å². The highest BCUT2D eigenvalue weighted by Crippen LogP contribution is 2.02. The predicted molar refractivity (Wildman–Crippen MR) is 56.3 cm³/mol. The minimum atomic E-state index is -0.443. The molecule has 1 amide bonds. The molecule has 0 bridgehead atoms. The van der Waals surface area contributed by atoms with Gasteiger partial charge in [-0.25, -0.2) is 0 Å². The van der Waals surface area contributed by atoms with E-state index in [0.29, 0.717) is 5.56 Å². The molecule has 0 saturated heterocycles. The van der Waals surface area contributed by atoms with E-state index < -0.39 is 5.91 Å². The summed E-state index contributed by atoms with van der Waals surface area (Å²) in [7, 11) is 0. The normalized spacial score (nSPS) is 10.5. The molecular weight excluding hydrogens is 194 g/mol. The summed E-state index contributed by atoms with van der Waals surface area (Å²) in [5.74, 6) is -0.443. The fourth-order valence-electron chi connectivity index (χ4n) is 1.35. The van der Waals surface area contributed by atoms with Gasteiger partial charge in [0.05, 0.1) is 11.8 Å². The Kier molecular flexibility index (Phi) is 4.83. The first-order valence-electron chi connectivity index (χ1n) is 5.17. The zero-order valence-electron chi connectivity index (χ0n) is 8.72. The van der Waals surface area contributed by atoms with Crippen LogP contribution in [0.4, 0.5) is 0 Å². The monoisotopic (exact) mass is 211 g/mol. The molecule has 0 aliphatic carbocycles. The summed E-state index contributed by atoms with van der Waals surface area (Å²) >= 11 is 0. The van der Waals surface area contributed by atoms with Crippen molar-refractivity contribution in [3.8, 4) is 0 Å². The Bertz CT molecular complexity index is 309. The van der Waals surface area contributed by atoms with E-state index in [0.717, 1.165) is 32.2 Å². The third kappa shape index (κ3) is 4.12. The van der Waals surface area contributed by atoms with Crippen molar-refractivity contribution in [3.05, 3.63) is 18.0 Å². The second-order valence-corrected chi connectivity index (χ2v) is 3.49. The topological polar surface area (TPSA) is 81.1 Å². The van der Waals surface area contributed by atoms with E-state index >= 15 is 0 Å². The van der Waals surface area contributed by atoms with Crippen molar-refractivity contribution >= 4 is 5.91 Å². The highest BCUT2D eigenvalue weighted by Gasteiger charge is 2.02. The molecule has 1 rings (SSSR count). The van der Waals surface area contributed by atoms with Crippen molar-refractivity contribution in [2.24, 2.45) is 5.73 Å². The van der Waals surface area contributed by atoms with E-state index in [-0.39, 0.29) is 6.61 Å². The molecular formula is C10H17N3O2. The fraction of sp³-hybridized carbons (Fsp3) is 0.600. The minimum absolute atomic E-state index is 0.258. The van der Waals surface area contributed by atoms with Crippen molar-refractivity contribution in [2.75, 3.05) is 6.61 Å². The van der Waals surface area contributed by atoms with Gasteiger partial charge in [-0.05, 0) is 12.8 Å². The molecule has 1 aromatic rings. The summed E-state index contributed by atoms with van der Waals surface area (Å²) < 4.78 is 1.72. The van der Waals surface area contributed by atoms with Gasteiger partial charge in [-0.3, -0.25) is 9.48 Å². The van der Waals surface area contributed by atoms with E-state index in [1.165, 1.54) is 6.20 Å². The first kappa shape index (κ1) is 11.7. The van der Waals surface area contributed by atoms with Crippen LogP contribution in [0.3, 0.4) is 0 Å². The molecule has 5 heteroatoms. The lowest BCUT2D eigenvalue weighted by molar-refractivity contribution is 0.1000. The lowest BCUT2D eigenvalue weighted by Crippen LogP contribution is -2.09. The third-order valence-corrected chi connectivity index (χ3v) is 2.21. The number of primary amides is 1. The van der Waals surface area contributed by atoms with Gasteiger partial charge in [0.1, 0.15) is 0 Å². The first-order valence-corrected chi connectivity index (χ1v) is 5.17. The lowest BCUT2D eigenvalue weighted by atomic mass is 10.2. The van der Waals surface area contributed by atoms with Gasteiger partial charge in [0.2, 0.25) is 0 Å². The molecule has 3 N–H and O–H groups in total. The average Bonchev–Trinajstić information content (AvgIpc) is 2.66. The molecule has 0 radical (unpaired) electrons. The number of carbonyl (C=O) groups excluding carboxylic acids is 1. The average molecular weight is 211 g/mol. The number of aryl methyl sites for hydroxylation is 1. The van der Waals surface area contributed by atoms with Crippen LogP contribution in [0.5, 0.6) is 0 Å². The van der Waals surface area contributed by atoms with E-state index in [1.807, 2.05) is 0 Å². The number of aliphatic hydroxyl groups is 1. The molecule has 0 aliphatic rings. The molecule has 0 saturated carbocycles. The highest BCUT2D eigenvalue weighted by molar-refractivity contribution is 5.92. The number of nitrogens with two attached hydrogens (primary N) is 1. The van der Waals surface area contributed by atoms with Crippen LogP contribution < -0.4 is 5.73 Å². The van der Waals surface area contributed by atoms with Crippen LogP contribution in [-0.4, -0.2) is 27.4 Å². The van der Waals surface area contributed by atoms with Crippen LogP contribution in [-0.2, 0) is 6.54 Å². The summed E-state index contributed by atoms with van der Waals surface area (Å²) in [5.41, 5.74) is 5.55. The molecule has 0 atom stereocenters. The van der Waals surface area contributed by atoms with E-state index in [9.17, 15) is 4.79 Å². The van der Waals surface area contributed by atoms with Crippen LogP contribution in [0, 0.1) is 0 Å². The molecule has 1 aromatic heterocycles. The van der Waals surface area contributed by atoms with Crippen molar-refractivity contribution < 1.29 is 9.90 Å². The Balaban J connectivity index is 2.23. The Morgan fingerprint density at radius 3 is 2.73 bits per heavy atom. The number of amides is 1. The number of unbranched alkanes of at least 4 members (excludes halogenated alkanes) is 3. The highest BCUT2D eigenvalue weighted by atomic mass is 16.2. The summed E-state index contributed by atoms with van der Waals surface area (Å²) in [6.07, 6.45) is 7.09. The fourth-order valence-corrected chi connectivity index (χ4v) is 1.35. The molecule has 0 unspecified atom stereocenters. The van der Waals surface area contributed by atoms with Crippen molar-refractivity contribution in [1.29, 1.82) is 0 Å². The largest absolute Gasteiger partial charge is 0.396 e. The van der Waals surface area contributed by atoms with Crippen LogP contribution >= 0.6 is 0 Å². The molecule has 0 aromatic carbocycles. The molecule has 15 heavy (non-hydrogen) atoms. The number of nitrogens with zero attached hydrogens (tertiary/aromatic N) is 2. The van der Waals surface area contributed by atoms with Crippen molar-refractivity contribution in [3.63, 3.8) is 0 Å². The van der Waals surface area contributed by atoms with Gasteiger partial charge in [0.15, 0.2) is 0 Å². The number of hydrogen-bond donors (Lipinski definition) is 2. The van der Waals surface area contributed by atoms with E-state index in [1.54, 1.807) is 10.9 Å². The quantitative estimate of drug-likeness (QED) is 0.646. The SMILES string of the molecule is NC(=O)c1cnn(CCCCCCO)c1. The van der Waals surface area contributed by atoms with Gasteiger partial charge >= 0.3 is 0 Å². The number of aromatic nitrogens is 2. The maximum absolute atomic E-state index is 10.8. The van der Waals surface area contributed by atoms with Gasteiger partial charge in [-0.1, -0.05) is 12.8 Å². The molecule has 5 nitrogen and oxygen atoms in total. The summed E-state index contributed by atoms with van der Waals surface area (Å²) in [6.45, 7) is 1.05. The first-order chi connectivity index (χ1) is 7.24. The molecule has 1 heterocycles. The summed E-state index contributed by atoms with van der Waals surface area (Å²) in [4.78, 5) is 10.8. The van der Waals surface area contributed by atoms with Gasteiger partial charge in [-0.2, -0.15) is 5.10 Å². The number of carbonyl (C=O) groups is 1. The smallest absolute Gasteiger partial charge is 0.251 e. The molecule has 0 fully saturated rings. The number of rotatable bonds is 7. The molecule has 0 aliphatic heterocycles. The van der Waals surface area contributed by atoms with Crippen molar-refractivity contribution in [2.45, 2.75) is 32.2 Å². The Morgan fingerprint density at radius 2 is 2.13 bits per heavy atom. The van der Waals surface area contributed by atoms with E-state index in [2.05, 4.69) is 5.10 Å². The lowest BCUT2D eigenvalue weighted by Gasteiger charge is -2.00. The van der Waals surface area contributed by atoms with Gasteiger partial charge in [0.25, 0.3) is 5.91 Å². The number of aliphatic hydroxyl groups excluding tert-OH is 1. The summed E-state index contributed by atoms with van der Waals surface area (Å²) in [6, 6.07) is 0. The van der Waals surface area contributed by atoms with Crippen LogP contribution in [0.15, 0.2) is 12.4 Å². The standard InChI is InChI=1S/C10H17N3O2/c11-10(15)9-7-12-13(8-9)5-3-1-2-4-6-14/h7-8,14H,1-6H2,(H2,11,15). The van der Waals surface area contributed by atoms with Gasteiger partial charge < -0.3 is 10.8 Å². The zero-order valence-corrected chi connectivity index (χ0v) is 8.72. The van der Waals surface area contributed by atoms with Crippen LogP contribution in [0.2, 0.25) is 0 Å². The maximum Gasteiger partial charge on any atom is 0.251 e. The molecule has 84 valence electrons. The Hall–Kier alpha value is -1.36. The molecule has 0 spiro atoms. The number of hydrogen-bond acceptors (Lipinski definition) is 3. The third-order valence-electron chi connectivity index (χ3n) is 2.21. The Labute approximate surface area is 88.9 Å². The minimum Gasteiger partial charge on any atom is -0.396 e. The van der Waals surface area contributed by atoms with Gasteiger partial charge in [-0.15, -0.1) is 0 Å². The second-order valence-electron chi connectivity index (χ2n) is 3.49. The maximum atomic E-state index is 10.8. The predicted octanol–water partition coefficient (Wildman–Crippen LogP) is 0.535. The van der Waals surface area contributed by atoms with E-state index in [4.69, 9.17) is 10.8 Å². The van der Waals surface area contributed by atoms with Crippen LogP contribution in [0.25, 0.3) is 0 Å². The Morgan fingerprint density at radius 1 is 1.40 bits per heavy atom. The van der Waals surface area contributed by atoms with Gasteiger partial charge in [0, 0.05) is 19.3 Å². The second kappa shape index (κ2) is 6.19. The summed E-state index contributed by atoms with van der Waals surface area (Å²) in [5, 5.41) is 12.6. The zero-order chi connectivity index (χ0) is 11.1. The van der Waals surface area contributed by atoms with Crippen LogP contribution in [0.1, 0.15) is 36.0 Å².